The van der Waals surface area contributed by atoms with E-state index in [1.807, 2.05) is 0 Å². The molecule has 0 radical (unpaired) electrons. The second kappa shape index (κ2) is 8.76. The molecule has 106 valence electrons. The first-order chi connectivity index (χ1) is 8.34. The monoisotopic (exact) mass is 274 g/mol. The number of piperidine rings is 1. The summed E-state index contributed by atoms with van der Waals surface area (Å²) in [5.74, 6) is 1.77. The zero-order valence-corrected chi connectivity index (χ0v) is 12.1. The van der Waals surface area contributed by atoms with Crippen LogP contribution in [0.2, 0.25) is 0 Å². The van der Waals surface area contributed by atoms with Gasteiger partial charge in [-0.2, -0.15) is 0 Å². The number of carbonyl (C=O) groups excluding carboxylic acids is 1. The van der Waals surface area contributed by atoms with Gasteiger partial charge in [-0.25, -0.2) is 0 Å². The lowest BCUT2D eigenvalue weighted by Gasteiger charge is -2.22. The molecular weight excluding hydrogens is 248 g/mol. The van der Waals surface area contributed by atoms with Crippen molar-refractivity contribution in [1.29, 1.82) is 0 Å². The van der Waals surface area contributed by atoms with Gasteiger partial charge < -0.3 is 10.6 Å². The van der Waals surface area contributed by atoms with Gasteiger partial charge in [0, 0.05) is 13.0 Å². The molecule has 0 spiro atoms. The number of hydrogen-bond donors (Lipinski definition) is 2. The molecule has 1 saturated carbocycles. The summed E-state index contributed by atoms with van der Waals surface area (Å²) in [7, 11) is 0. The molecule has 2 rings (SSSR count). The predicted octanol–water partition coefficient (Wildman–Crippen LogP) is 2.49. The molecule has 0 bridgehead atoms. The predicted molar refractivity (Wildman–Crippen MR) is 77.0 cm³/mol. The quantitative estimate of drug-likeness (QED) is 0.809. The highest BCUT2D eigenvalue weighted by molar-refractivity contribution is 5.85. The molecule has 0 aromatic rings. The van der Waals surface area contributed by atoms with E-state index in [0.717, 1.165) is 44.8 Å². The fraction of sp³-hybridized carbons (Fsp3) is 0.929. The van der Waals surface area contributed by atoms with Crippen molar-refractivity contribution in [3.63, 3.8) is 0 Å². The molecule has 1 aliphatic heterocycles. The second-order valence-electron chi connectivity index (χ2n) is 5.69. The Morgan fingerprint density at radius 3 is 2.39 bits per heavy atom. The normalized spacial score (nSPS) is 21.6. The lowest BCUT2D eigenvalue weighted by molar-refractivity contribution is -0.122. The third kappa shape index (κ3) is 5.57. The van der Waals surface area contributed by atoms with Crippen LogP contribution in [0.15, 0.2) is 0 Å². The zero-order chi connectivity index (χ0) is 11.9. The first-order valence-corrected chi connectivity index (χ1v) is 7.32. The van der Waals surface area contributed by atoms with Gasteiger partial charge in [-0.3, -0.25) is 4.79 Å². The zero-order valence-electron chi connectivity index (χ0n) is 11.2. The molecule has 1 aliphatic carbocycles. The van der Waals surface area contributed by atoms with E-state index in [-0.39, 0.29) is 18.3 Å². The van der Waals surface area contributed by atoms with Gasteiger partial charge in [-0.05, 0) is 44.2 Å². The number of rotatable bonds is 5. The molecule has 3 nitrogen and oxygen atoms in total. The summed E-state index contributed by atoms with van der Waals surface area (Å²) in [6.45, 7) is 3.06. The van der Waals surface area contributed by atoms with Gasteiger partial charge in [0.2, 0.25) is 5.91 Å². The van der Waals surface area contributed by atoms with E-state index in [1.54, 1.807) is 0 Å². The van der Waals surface area contributed by atoms with Gasteiger partial charge in [0.1, 0.15) is 0 Å². The van der Waals surface area contributed by atoms with Crippen LogP contribution < -0.4 is 10.6 Å². The van der Waals surface area contributed by atoms with Crippen molar-refractivity contribution in [1.82, 2.24) is 10.6 Å². The van der Waals surface area contributed by atoms with Crippen molar-refractivity contribution in [2.45, 2.75) is 51.4 Å². The van der Waals surface area contributed by atoms with Crippen molar-refractivity contribution < 1.29 is 4.79 Å². The molecule has 2 aliphatic rings. The second-order valence-corrected chi connectivity index (χ2v) is 5.69. The van der Waals surface area contributed by atoms with E-state index < -0.39 is 0 Å². The minimum absolute atomic E-state index is 0. The third-order valence-corrected chi connectivity index (χ3v) is 4.28. The van der Waals surface area contributed by atoms with Gasteiger partial charge in [0.05, 0.1) is 0 Å². The summed E-state index contributed by atoms with van der Waals surface area (Å²) in [6, 6.07) is 0. The molecule has 1 saturated heterocycles. The number of nitrogens with one attached hydrogen (secondary N) is 2. The summed E-state index contributed by atoms with van der Waals surface area (Å²) < 4.78 is 0. The van der Waals surface area contributed by atoms with Gasteiger partial charge >= 0.3 is 0 Å². The first kappa shape index (κ1) is 15.8. The maximum atomic E-state index is 11.8. The average Bonchev–Trinajstić information content (AvgIpc) is 2.83. The molecule has 2 fully saturated rings. The van der Waals surface area contributed by atoms with E-state index in [2.05, 4.69) is 10.6 Å². The van der Waals surface area contributed by atoms with Gasteiger partial charge in [-0.15, -0.1) is 12.4 Å². The maximum absolute atomic E-state index is 11.8. The van der Waals surface area contributed by atoms with E-state index >= 15 is 0 Å². The minimum Gasteiger partial charge on any atom is -0.356 e. The van der Waals surface area contributed by atoms with Crippen LogP contribution in [0.4, 0.5) is 0 Å². The van der Waals surface area contributed by atoms with Crippen molar-refractivity contribution in [3.05, 3.63) is 0 Å². The smallest absolute Gasteiger partial charge is 0.220 e. The summed E-state index contributed by atoms with van der Waals surface area (Å²) in [6.07, 6.45) is 9.81. The third-order valence-electron chi connectivity index (χ3n) is 4.28. The van der Waals surface area contributed by atoms with Crippen molar-refractivity contribution in [2.75, 3.05) is 19.6 Å². The van der Waals surface area contributed by atoms with Gasteiger partial charge in [0.25, 0.3) is 0 Å². The molecule has 18 heavy (non-hydrogen) atoms. The maximum Gasteiger partial charge on any atom is 0.220 e. The van der Waals surface area contributed by atoms with Crippen molar-refractivity contribution >= 4 is 18.3 Å². The van der Waals surface area contributed by atoms with Crippen LogP contribution in [-0.2, 0) is 4.79 Å². The molecule has 0 unspecified atom stereocenters. The summed E-state index contributed by atoms with van der Waals surface area (Å²) in [5, 5.41) is 6.43. The summed E-state index contributed by atoms with van der Waals surface area (Å²) in [4.78, 5) is 11.8. The van der Waals surface area contributed by atoms with Crippen LogP contribution in [0.1, 0.15) is 51.4 Å². The first-order valence-electron chi connectivity index (χ1n) is 7.32. The molecule has 1 heterocycles. The van der Waals surface area contributed by atoms with Crippen molar-refractivity contribution in [3.8, 4) is 0 Å². The van der Waals surface area contributed by atoms with Crippen molar-refractivity contribution in [2.24, 2.45) is 11.8 Å². The average molecular weight is 275 g/mol. The van der Waals surface area contributed by atoms with E-state index in [1.165, 1.54) is 32.1 Å². The summed E-state index contributed by atoms with van der Waals surface area (Å²) in [5.41, 5.74) is 0. The minimum atomic E-state index is 0. The molecule has 1 amide bonds. The Hall–Kier alpha value is -0.280. The van der Waals surface area contributed by atoms with Crippen LogP contribution in [0, 0.1) is 11.8 Å². The summed E-state index contributed by atoms with van der Waals surface area (Å²) >= 11 is 0. The Morgan fingerprint density at radius 2 is 1.72 bits per heavy atom. The lowest BCUT2D eigenvalue weighted by Crippen LogP contribution is -2.32. The number of halogens is 1. The molecule has 4 heteroatoms. The Bertz CT molecular complexity index is 236. The van der Waals surface area contributed by atoms with E-state index in [4.69, 9.17) is 0 Å². The molecule has 0 atom stereocenters. The Balaban J connectivity index is 0.00000162. The van der Waals surface area contributed by atoms with Crippen LogP contribution in [0.3, 0.4) is 0 Å². The van der Waals surface area contributed by atoms with E-state index in [9.17, 15) is 4.79 Å². The van der Waals surface area contributed by atoms with Crippen LogP contribution in [-0.4, -0.2) is 25.5 Å². The SMILES string of the molecule is Cl.O=C(CC1CCNCC1)NCCC1CCCC1. The number of carbonyl (C=O) groups is 1. The fourth-order valence-electron chi connectivity index (χ4n) is 3.13. The largest absolute Gasteiger partial charge is 0.356 e. The van der Waals surface area contributed by atoms with Gasteiger partial charge in [0.15, 0.2) is 0 Å². The highest BCUT2D eigenvalue weighted by Gasteiger charge is 2.17. The fourth-order valence-corrected chi connectivity index (χ4v) is 3.13. The van der Waals surface area contributed by atoms with Crippen LogP contribution in [0.25, 0.3) is 0 Å². The topological polar surface area (TPSA) is 41.1 Å². The molecule has 2 N–H and O–H groups in total. The highest BCUT2D eigenvalue weighted by atomic mass is 35.5. The van der Waals surface area contributed by atoms with Gasteiger partial charge in [-0.1, -0.05) is 25.7 Å². The van der Waals surface area contributed by atoms with Crippen LogP contribution >= 0.6 is 12.4 Å². The standard InChI is InChI=1S/C14H26N2O.ClH/c17-14(11-13-5-8-15-9-6-13)16-10-7-12-3-1-2-4-12;/h12-13,15H,1-11H2,(H,16,17);1H. The van der Waals surface area contributed by atoms with Crippen LogP contribution in [0.5, 0.6) is 0 Å². The Labute approximate surface area is 117 Å². The Kier molecular flexibility index (Phi) is 7.68. The highest BCUT2D eigenvalue weighted by Crippen LogP contribution is 2.26. The number of hydrogen-bond acceptors (Lipinski definition) is 2. The molecular formula is C14H27ClN2O. The molecule has 0 aromatic carbocycles. The number of amides is 1. The van der Waals surface area contributed by atoms with E-state index in [0.29, 0.717) is 5.92 Å². The molecule has 0 aromatic heterocycles. The Morgan fingerprint density at radius 1 is 1.06 bits per heavy atom. The lowest BCUT2D eigenvalue weighted by atomic mass is 9.94.